The Balaban J connectivity index is 1.35. The first-order chi connectivity index (χ1) is 14.2. The van der Waals surface area contributed by atoms with Crippen LogP contribution in [-0.2, 0) is 17.8 Å². The van der Waals surface area contributed by atoms with Gasteiger partial charge in [0, 0.05) is 69.7 Å². The largest absolute Gasteiger partial charge is 0.356 e. The minimum absolute atomic E-state index is 0.147. The van der Waals surface area contributed by atoms with Crippen LogP contribution in [0.5, 0.6) is 0 Å². The average molecular weight is 417 g/mol. The summed E-state index contributed by atoms with van der Waals surface area (Å²) in [4.78, 5) is 34.9. The zero-order valence-corrected chi connectivity index (χ0v) is 17.8. The van der Waals surface area contributed by atoms with Gasteiger partial charge in [0.25, 0.3) is 0 Å². The number of carbonyl (C=O) groups excluding carboxylic acids is 1. The molecule has 0 aliphatic carbocycles. The second-order valence-electron chi connectivity index (χ2n) is 6.59. The van der Waals surface area contributed by atoms with Crippen molar-refractivity contribution in [1.82, 2.24) is 30.5 Å². The number of piperazine rings is 1. The highest BCUT2D eigenvalue weighted by molar-refractivity contribution is 7.11. The van der Waals surface area contributed by atoms with Crippen molar-refractivity contribution < 1.29 is 4.79 Å². The van der Waals surface area contributed by atoms with E-state index in [1.54, 1.807) is 36.8 Å². The summed E-state index contributed by atoms with van der Waals surface area (Å²) >= 11 is 1.70. The molecule has 1 fully saturated rings. The number of rotatable bonds is 7. The van der Waals surface area contributed by atoms with Gasteiger partial charge in [0.1, 0.15) is 5.01 Å². The molecular weight excluding hydrogens is 388 g/mol. The molecule has 2 N–H and O–H groups in total. The monoisotopic (exact) mass is 416 g/mol. The van der Waals surface area contributed by atoms with Gasteiger partial charge in [-0.05, 0) is 12.5 Å². The normalized spacial score (nSPS) is 14.8. The summed E-state index contributed by atoms with van der Waals surface area (Å²) in [6.45, 7) is 6.17. The highest BCUT2D eigenvalue weighted by atomic mass is 32.1. The number of thiazole rings is 1. The van der Waals surface area contributed by atoms with E-state index in [4.69, 9.17) is 0 Å². The number of nitrogens with zero attached hydrogens (tertiary/aromatic N) is 6. The summed E-state index contributed by atoms with van der Waals surface area (Å²) in [5.74, 6) is 1.55. The Labute approximate surface area is 175 Å². The van der Waals surface area contributed by atoms with Gasteiger partial charge in [0.15, 0.2) is 5.96 Å². The summed E-state index contributed by atoms with van der Waals surface area (Å²) in [5, 5.41) is 7.47. The first-order valence-corrected chi connectivity index (χ1v) is 10.7. The summed E-state index contributed by atoms with van der Waals surface area (Å²) in [5.41, 5.74) is 0. The second kappa shape index (κ2) is 10.7. The average Bonchev–Trinajstić information content (AvgIpc) is 3.25. The van der Waals surface area contributed by atoms with E-state index in [0.29, 0.717) is 38.6 Å². The second-order valence-corrected chi connectivity index (χ2v) is 7.79. The lowest BCUT2D eigenvalue weighted by atomic mass is 10.3. The zero-order valence-electron chi connectivity index (χ0n) is 17.0. The lowest BCUT2D eigenvalue weighted by molar-refractivity contribution is -0.131. The van der Waals surface area contributed by atoms with E-state index >= 15 is 0 Å². The van der Waals surface area contributed by atoms with Crippen molar-refractivity contribution >= 4 is 29.2 Å². The molecule has 1 saturated heterocycles. The Kier molecular flexibility index (Phi) is 7.74. The van der Waals surface area contributed by atoms with E-state index in [1.165, 1.54) is 4.88 Å². The van der Waals surface area contributed by atoms with Crippen LogP contribution in [0.4, 0.5) is 5.95 Å². The molecule has 1 amide bonds. The van der Waals surface area contributed by atoms with Crippen molar-refractivity contribution in [1.29, 1.82) is 0 Å². The first kappa shape index (κ1) is 21.0. The number of amides is 1. The van der Waals surface area contributed by atoms with Crippen molar-refractivity contribution in [3.05, 3.63) is 34.5 Å². The Morgan fingerprint density at radius 3 is 2.59 bits per heavy atom. The molecule has 0 bridgehead atoms. The third kappa shape index (κ3) is 6.11. The standard InChI is InChI=1S/C19H28N8OS/c1-3-15-13-24-16(29-15)14-25-18(20-2)21-8-5-17(28)26-9-11-27(12-10-26)19-22-6-4-7-23-19/h4,6-7,13H,3,5,8-12,14H2,1-2H3,(H2,20,21,25). The molecule has 0 aromatic carbocycles. The van der Waals surface area contributed by atoms with Crippen molar-refractivity contribution in [3.63, 3.8) is 0 Å². The lowest BCUT2D eigenvalue weighted by Crippen LogP contribution is -2.50. The fraction of sp³-hybridized carbons (Fsp3) is 0.526. The van der Waals surface area contributed by atoms with E-state index in [1.807, 2.05) is 11.1 Å². The predicted molar refractivity (Wildman–Crippen MR) is 115 cm³/mol. The number of carbonyl (C=O) groups is 1. The van der Waals surface area contributed by atoms with E-state index in [-0.39, 0.29) is 5.91 Å². The molecule has 1 aliphatic heterocycles. The maximum atomic E-state index is 12.5. The highest BCUT2D eigenvalue weighted by Gasteiger charge is 2.22. The maximum Gasteiger partial charge on any atom is 0.225 e. The molecule has 10 heteroatoms. The summed E-state index contributed by atoms with van der Waals surface area (Å²) < 4.78 is 0. The Morgan fingerprint density at radius 2 is 1.93 bits per heavy atom. The van der Waals surface area contributed by atoms with Gasteiger partial charge in [-0.3, -0.25) is 9.79 Å². The summed E-state index contributed by atoms with van der Waals surface area (Å²) in [6, 6.07) is 1.80. The van der Waals surface area contributed by atoms with Crippen LogP contribution in [0.2, 0.25) is 0 Å². The van der Waals surface area contributed by atoms with Crippen LogP contribution in [0.1, 0.15) is 23.2 Å². The zero-order chi connectivity index (χ0) is 20.5. The number of hydrogen-bond acceptors (Lipinski definition) is 7. The van der Waals surface area contributed by atoms with Crippen LogP contribution in [0.15, 0.2) is 29.6 Å². The number of aliphatic imine (C=N–C) groups is 1. The fourth-order valence-electron chi connectivity index (χ4n) is 3.03. The van der Waals surface area contributed by atoms with Crippen molar-refractivity contribution in [3.8, 4) is 0 Å². The molecule has 2 aromatic rings. The van der Waals surface area contributed by atoms with Gasteiger partial charge in [-0.1, -0.05) is 6.92 Å². The van der Waals surface area contributed by atoms with E-state index in [0.717, 1.165) is 30.5 Å². The maximum absolute atomic E-state index is 12.5. The molecule has 0 unspecified atom stereocenters. The van der Waals surface area contributed by atoms with Crippen LogP contribution in [0, 0.1) is 0 Å². The van der Waals surface area contributed by atoms with Gasteiger partial charge in [-0.15, -0.1) is 11.3 Å². The lowest BCUT2D eigenvalue weighted by Gasteiger charge is -2.34. The quantitative estimate of drug-likeness (QED) is 0.511. The molecule has 0 saturated carbocycles. The predicted octanol–water partition coefficient (Wildman–Crippen LogP) is 0.899. The van der Waals surface area contributed by atoms with Gasteiger partial charge in [0.2, 0.25) is 11.9 Å². The molecule has 2 aromatic heterocycles. The number of guanidine groups is 1. The van der Waals surface area contributed by atoms with Gasteiger partial charge in [0.05, 0.1) is 6.54 Å². The van der Waals surface area contributed by atoms with Crippen LogP contribution >= 0.6 is 11.3 Å². The SMILES string of the molecule is CCc1cnc(CNC(=NC)NCCC(=O)N2CCN(c3ncccn3)CC2)s1. The Bertz CT molecular complexity index is 802. The molecular formula is C19H28N8OS. The van der Waals surface area contributed by atoms with Crippen LogP contribution < -0.4 is 15.5 Å². The minimum atomic E-state index is 0.147. The molecule has 9 nitrogen and oxygen atoms in total. The van der Waals surface area contributed by atoms with E-state index in [9.17, 15) is 4.79 Å². The van der Waals surface area contributed by atoms with Gasteiger partial charge in [-0.25, -0.2) is 15.0 Å². The molecule has 0 spiro atoms. The van der Waals surface area contributed by atoms with E-state index < -0.39 is 0 Å². The number of hydrogen-bond donors (Lipinski definition) is 2. The van der Waals surface area contributed by atoms with Crippen LogP contribution in [0.25, 0.3) is 0 Å². The Hall–Kier alpha value is -2.75. The fourth-order valence-corrected chi connectivity index (χ4v) is 3.83. The highest BCUT2D eigenvalue weighted by Crippen LogP contribution is 2.13. The van der Waals surface area contributed by atoms with Crippen molar-refractivity contribution in [2.45, 2.75) is 26.3 Å². The molecule has 3 rings (SSSR count). The van der Waals surface area contributed by atoms with E-state index in [2.05, 4.69) is 42.4 Å². The minimum Gasteiger partial charge on any atom is -0.356 e. The molecule has 0 atom stereocenters. The van der Waals surface area contributed by atoms with Gasteiger partial charge in [-0.2, -0.15) is 0 Å². The van der Waals surface area contributed by atoms with Gasteiger partial charge < -0.3 is 20.4 Å². The van der Waals surface area contributed by atoms with Crippen molar-refractivity contribution in [2.24, 2.45) is 4.99 Å². The molecule has 29 heavy (non-hydrogen) atoms. The van der Waals surface area contributed by atoms with Crippen molar-refractivity contribution in [2.75, 3.05) is 44.7 Å². The van der Waals surface area contributed by atoms with Crippen LogP contribution in [0.3, 0.4) is 0 Å². The molecule has 156 valence electrons. The third-order valence-corrected chi connectivity index (χ3v) is 5.82. The van der Waals surface area contributed by atoms with Gasteiger partial charge >= 0.3 is 0 Å². The summed E-state index contributed by atoms with van der Waals surface area (Å²) in [7, 11) is 1.72. The number of nitrogens with one attached hydrogen (secondary N) is 2. The first-order valence-electron chi connectivity index (χ1n) is 9.87. The molecule has 1 aliphatic rings. The van der Waals surface area contributed by atoms with Crippen LogP contribution in [-0.4, -0.2) is 71.5 Å². The Morgan fingerprint density at radius 1 is 1.17 bits per heavy atom. The number of aromatic nitrogens is 3. The number of aryl methyl sites for hydroxylation is 1. The third-order valence-electron chi connectivity index (χ3n) is 4.68. The molecule has 0 radical (unpaired) electrons. The number of anilines is 1. The summed E-state index contributed by atoms with van der Waals surface area (Å²) in [6.07, 6.45) is 6.83. The topological polar surface area (TPSA) is 98.6 Å². The molecule has 3 heterocycles. The smallest absolute Gasteiger partial charge is 0.225 e.